The highest BCUT2D eigenvalue weighted by Gasteiger charge is 2.27. The number of benzene rings is 1. The van der Waals surface area contributed by atoms with Gasteiger partial charge in [0, 0.05) is 30.8 Å². The summed E-state index contributed by atoms with van der Waals surface area (Å²) in [6.07, 6.45) is 5.38. The topological polar surface area (TPSA) is 38.2 Å². The van der Waals surface area contributed by atoms with Gasteiger partial charge in [-0.3, -0.25) is 0 Å². The summed E-state index contributed by atoms with van der Waals surface area (Å²) in [7, 11) is 1.74. The van der Waals surface area contributed by atoms with Gasteiger partial charge < -0.3 is 9.64 Å². The summed E-state index contributed by atoms with van der Waals surface area (Å²) in [6.45, 7) is 1.88. The summed E-state index contributed by atoms with van der Waals surface area (Å²) in [5.74, 6) is 3.68. The summed E-state index contributed by atoms with van der Waals surface area (Å²) in [5, 5.41) is 0. The van der Waals surface area contributed by atoms with E-state index in [4.69, 9.17) is 9.72 Å². The lowest BCUT2D eigenvalue weighted by molar-refractivity contribution is 0.407. The molecule has 1 aliphatic carbocycles. The molecule has 108 valence electrons. The monoisotopic (exact) mass is 281 g/mol. The molecule has 0 unspecified atom stereocenters. The maximum absolute atomic E-state index is 5.47. The van der Waals surface area contributed by atoms with Crippen molar-refractivity contribution in [3.63, 3.8) is 0 Å². The van der Waals surface area contributed by atoms with E-state index in [-0.39, 0.29) is 0 Å². The Bertz CT molecular complexity index is 667. The van der Waals surface area contributed by atoms with Crippen molar-refractivity contribution < 1.29 is 4.74 Å². The number of nitrogens with zero attached hydrogens (tertiary/aromatic N) is 3. The molecular weight excluding hydrogens is 262 g/mol. The van der Waals surface area contributed by atoms with Gasteiger partial charge in [-0.2, -0.15) is 0 Å². The smallest absolute Gasteiger partial charge is 0.133 e. The first kappa shape index (κ1) is 12.6. The van der Waals surface area contributed by atoms with Crippen molar-refractivity contribution >= 4 is 5.82 Å². The highest BCUT2D eigenvalue weighted by atomic mass is 16.5. The summed E-state index contributed by atoms with van der Waals surface area (Å²) >= 11 is 0. The minimum absolute atomic E-state index is 0.599. The molecule has 2 aromatic rings. The molecule has 4 heteroatoms. The van der Waals surface area contributed by atoms with Crippen LogP contribution in [0.1, 0.15) is 35.7 Å². The number of hydrogen-bond acceptors (Lipinski definition) is 4. The van der Waals surface area contributed by atoms with E-state index in [9.17, 15) is 0 Å². The largest absolute Gasteiger partial charge is 0.496 e. The van der Waals surface area contributed by atoms with Crippen LogP contribution in [0.15, 0.2) is 30.5 Å². The predicted octanol–water partition coefficient (Wildman–Crippen LogP) is 2.93. The van der Waals surface area contributed by atoms with Crippen LogP contribution in [0.5, 0.6) is 5.75 Å². The number of methoxy groups -OCH3 is 1. The normalized spacial score (nSPS) is 17.5. The zero-order valence-electron chi connectivity index (χ0n) is 12.2. The van der Waals surface area contributed by atoms with Gasteiger partial charge in [0.25, 0.3) is 0 Å². The maximum atomic E-state index is 5.47. The lowest BCUT2D eigenvalue weighted by Gasteiger charge is -2.30. The Hall–Kier alpha value is -2.10. The van der Waals surface area contributed by atoms with Crippen molar-refractivity contribution in [2.45, 2.75) is 31.7 Å². The molecule has 0 amide bonds. The zero-order valence-corrected chi connectivity index (χ0v) is 12.2. The number of rotatable bonds is 3. The first-order chi connectivity index (χ1) is 10.3. The van der Waals surface area contributed by atoms with Gasteiger partial charge in [-0.15, -0.1) is 0 Å². The van der Waals surface area contributed by atoms with E-state index < -0.39 is 0 Å². The maximum Gasteiger partial charge on any atom is 0.133 e. The summed E-state index contributed by atoms with van der Waals surface area (Å²) in [6, 6.07) is 8.32. The first-order valence-corrected chi connectivity index (χ1v) is 7.58. The quantitative estimate of drug-likeness (QED) is 0.867. The Labute approximate surface area is 124 Å². The van der Waals surface area contributed by atoms with Gasteiger partial charge in [-0.05, 0) is 37.0 Å². The number of anilines is 1. The molecule has 4 nitrogen and oxygen atoms in total. The highest BCUT2D eigenvalue weighted by molar-refractivity contribution is 5.48. The van der Waals surface area contributed by atoms with Crippen LogP contribution in [0, 0.1) is 0 Å². The molecule has 0 saturated heterocycles. The summed E-state index contributed by atoms with van der Waals surface area (Å²) in [5.41, 5.74) is 2.68. The van der Waals surface area contributed by atoms with Gasteiger partial charge in [-0.25, -0.2) is 9.97 Å². The average Bonchev–Trinajstić information content (AvgIpc) is 3.39. The van der Waals surface area contributed by atoms with Crippen LogP contribution in [0.25, 0.3) is 0 Å². The molecule has 4 rings (SSSR count). The number of ether oxygens (including phenoxy) is 1. The summed E-state index contributed by atoms with van der Waals surface area (Å²) in [4.78, 5) is 11.5. The second-order valence-electron chi connectivity index (χ2n) is 5.82. The van der Waals surface area contributed by atoms with Gasteiger partial charge in [0.05, 0.1) is 7.11 Å². The Balaban J connectivity index is 1.61. The Morgan fingerprint density at radius 1 is 1.24 bits per heavy atom. The van der Waals surface area contributed by atoms with E-state index >= 15 is 0 Å². The minimum atomic E-state index is 0.599. The molecule has 0 N–H and O–H groups in total. The second kappa shape index (κ2) is 5.02. The van der Waals surface area contributed by atoms with Crippen LogP contribution in [-0.2, 0) is 13.0 Å². The Morgan fingerprint density at radius 3 is 2.95 bits per heavy atom. The zero-order chi connectivity index (χ0) is 14.2. The van der Waals surface area contributed by atoms with E-state index in [1.165, 1.54) is 24.0 Å². The predicted molar refractivity (Wildman–Crippen MR) is 81.8 cm³/mol. The molecule has 1 saturated carbocycles. The van der Waals surface area contributed by atoms with Crippen molar-refractivity contribution in [3.8, 4) is 5.75 Å². The molecule has 1 aliphatic heterocycles. The van der Waals surface area contributed by atoms with E-state index in [0.29, 0.717) is 5.92 Å². The second-order valence-corrected chi connectivity index (χ2v) is 5.82. The van der Waals surface area contributed by atoms with Crippen molar-refractivity contribution in [3.05, 3.63) is 47.4 Å². The molecule has 21 heavy (non-hydrogen) atoms. The van der Waals surface area contributed by atoms with Crippen molar-refractivity contribution in [2.75, 3.05) is 18.6 Å². The lowest BCUT2D eigenvalue weighted by atomic mass is 9.99. The van der Waals surface area contributed by atoms with E-state index in [0.717, 1.165) is 36.9 Å². The lowest BCUT2D eigenvalue weighted by Crippen LogP contribution is -2.31. The van der Waals surface area contributed by atoms with Crippen molar-refractivity contribution in [1.82, 2.24) is 9.97 Å². The van der Waals surface area contributed by atoms with Gasteiger partial charge in [0.2, 0.25) is 0 Å². The van der Waals surface area contributed by atoms with Crippen LogP contribution in [0.4, 0.5) is 5.82 Å². The van der Waals surface area contributed by atoms with Gasteiger partial charge in [0.1, 0.15) is 17.4 Å². The molecule has 0 atom stereocenters. The molecule has 1 aromatic carbocycles. The molecule has 0 spiro atoms. The van der Waals surface area contributed by atoms with E-state index in [1.807, 2.05) is 18.3 Å². The van der Waals surface area contributed by atoms with Crippen LogP contribution in [0.3, 0.4) is 0 Å². The average molecular weight is 281 g/mol. The third-order valence-corrected chi connectivity index (χ3v) is 4.37. The minimum Gasteiger partial charge on any atom is -0.496 e. The fraction of sp³-hybridized carbons (Fsp3) is 0.412. The number of aromatic nitrogens is 2. The standard InChI is InChI=1S/C17H19N3O/c1-21-15-4-2-3-13-11-20(10-8-14(13)15)16-7-9-18-17(19-16)12-5-6-12/h2-4,7,9,12H,5-6,8,10-11H2,1H3. The molecular formula is C17H19N3O. The molecule has 2 heterocycles. The molecule has 1 aromatic heterocycles. The third kappa shape index (κ3) is 2.35. The fourth-order valence-corrected chi connectivity index (χ4v) is 3.04. The summed E-state index contributed by atoms with van der Waals surface area (Å²) < 4.78 is 5.47. The highest BCUT2D eigenvalue weighted by Crippen LogP contribution is 2.38. The molecule has 2 aliphatic rings. The van der Waals surface area contributed by atoms with E-state index in [1.54, 1.807) is 7.11 Å². The van der Waals surface area contributed by atoms with Crippen LogP contribution < -0.4 is 9.64 Å². The third-order valence-electron chi connectivity index (χ3n) is 4.37. The van der Waals surface area contributed by atoms with Crippen LogP contribution in [-0.4, -0.2) is 23.6 Å². The van der Waals surface area contributed by atoms with Gasteiger partial charge >= 0.3 is 0 Å². The van der Waals surface area contributed by atoms with Crippen LogP contribution in [0.2, 0.25) is 0 Å². The molecule has 0 bridgehead atoms. The van der Waals surface area contributed by atoms with Crippen LogP contribution >= 0.6 is 0 Å². The number of fused-ring (bicyclic) bond motifs is 1. The van der Waals surface area contributed by atoms with Gasteiger partial charge in [0.15, 0.2) is 0 Å². The number of hydrogen-bond donors (Lipinski definition) is 0. The van der Waals surface area contributed by atoms with E-state index in [2.05, 4.69) is 22.0 Å². The van der Waals surface area contributed by atoms with Crippen molar-refractivity contribution in [2.24, 2.45) is 0 Å². The van der Waals surface area contributed by atoms with Crippen molar-refractivity contribution in [1.29, 1.82) is 0 Å². The Kier molecular flexibility index (Phi) is 3.02. The fourth-order valence-electron chi connectivity index (χ4n) is 3.04. The molecule has 0 radical (unpaired) electrons. The SMILES string of the molecule is COc1cccc2c1CCN(c1ccnc(C3CC3)n1)C2. The molecule has 1 fully saturated rings. The first-order valence-electron chi connectivity index (χ1n) is 7.58. The van der Waals surface area contributed by atoms with Gasteiger partial charge in [-0.1, -0.05) is 12.1 Å². The Morgan fingerprint density at radius 2 is 2.14 bits per heavy atom.